The molecule has 28 heavy (non-hydrogen) atoms. The zero-order chi connectivity index (χ0) is 18.9. The van der Waals surface area contributed by atoms with E-state index < -0.39 is 0 Å². The predicted molar refractivity (Wildman–Crippen MR) is 118 cm³/mol. The fourth-order valence-electron chi connectivity index (χ4n) is 2.83. The number of allylic oxidation sites excluding steroid dienone is 1. The van der Waals surface area contributed by atoms with Crippen molar-refractivity contribution in [2.45, 2.75) is 13.0 Å². The summed E-state index contributed by atoms with van der Waals surface area (Å²) in [7, 11) is 0. The number of hydrogen-bond donors (Lipinski definition) is 1. The quantitative estimate of drug-likeness (QED) is 0.489. The molecule has 0 saturated heterocycles. The Balaban J connectivity index is 0.000000217. The zero-order valence-electron chi connectivity index (χ0n) is 15.6. The first-order chi connectivity index (χ1) is 13.3. The molecule has 4 nitrogen and oxygen atoms in total. The van der Waals surface area contributed by atoms with Crippen LogP contribution < -0.4 is 0 Å². The second-order valence-corrected chi connectivity index (χ2v) is 6.03. The number of nitrogens with zero attached hydrogens (tertiary/aromatic N) is 3. The smallest absolute Gasteiger partial charge is 0.140 e. The number of halogens is 1. The summed E-state index contributed by atoms with van der Waals surface area (Å²) in [4.78, 5) is 8.75. The summed E-state index contributed by atoms with van der Waals surface area (Å²) in [6.45, 7) is 4.39. The Morgan fingerprint density at radius 2 is 1.68 bits per heavy atom. The zero-order valence-corrected chi connectivity index (χ0v) is 16.4. The number of para-hydroxylation sites is 1. The molecule has 0 saturated carbocycles. The lowest BCUT2D eigenvalue weighted by molar-refractivity contribution is 0.276. The molecule has 0 aliphatic heterocycles. The standard InChI is InChI=1S/C14H16N2O.C9H7N.ClH/c1-2-6-13-11-16(9-10-17)14(15-13)12-7-4-3-5-8-12;1-2-6-9-8(4-1)5-3-7-10-9;/h2-5,7-8,11,17H,1,6,9-10H2;1-7H;1H. The lowest BCUT2D eigenvalue weighted by atomic mass is 10.2. The second kappa shape index (κ2) is 11.0. The Morgan fingerprint density at radius 1 is 0.964 bits per heavy atom. The number of fused-ring (bicyclic) bond motifs is 1. The van der Waals surface area contributed by atoms with Crippen molar-refractivity contribution in [2.24, 2.45) is 0 Å². The number of benzene rings is 2. The Labute approximate surface area is 171 Å². The number of rotatable bonds is 5. The summed E-state index contributed by atoms with van der Waals surface area (Å²) in [5.74, 6) is 0.900. The first kappa shape index (κ1) is 21.4. The molecule has 144 valence electrons. The molecular formula is C23H24ClN3O. The van der Waals surface area contributed by atoms with Gasteiger partial charge in [-0.25, -0.2) is 4.98 Å². The molecule has 0 amide bonds. The fourth-order valence-corrected chi connectivity index (χ4v) is 2.83. The Morgan fingerprint density at radius 3 is 2.39 bits per heavy atom. The highest BCUT2D eigenvalue weighted by molar-refractivity contribution is 5.85. The first-order valence-corrected chi connectivity index (χ1v) is 8.95. The molecule has 0 aliphatic rings. The molecule has 4 aromatic rings. The van der Waals surface area contributed by atoms with Crippen LogP contribution in [0.25, 0.3) is 22.3 Å². The summed E-state index contributed by atoms with van der Waals surface area (Å²) in [6.07, 6.45) is 6.36. The summed E-state index contributed by atoms with van der Waals surface area (Å²) < 4.78 is 1.98. The van der Waals surface area contributed by atoms with E-state index in [1.165, 1.54) is 5.39 Å². The van der Waals surface area contributed by atoms with Gasteiger partial charge in [-0.2, -0.15) is 0 Å². The monoisotopic (exact) mass is 393 g/mol. The summed E-state index contributed by atoms with van der Waals surface area (Å²) in [5, 5.41) is 10.3. The van der Waals surface area contributed by atoms with Gasteiger partial charge in [-0.3, -0.25) is 4.98 Å². The molecule has 0 bridgehead atoms. The van der Waals surface area contributed by atoms with Gasteiger partial charge in [0.1, 0.15) is 5.82 Å². The third kappa shape index (κ3) is 5.52. The highest BCUT2D eigenvalue weighted by atomic mass is 35.5. The topological polar surface area (TPSA) is 50.9 Å². The van der Waals surface area contributed by atoms with Gasteiger partial charge in [0.05, 0.1) is 17.8 Å². The maximum Gasteiger partial charge on any atom is 0.140 e. The molecule has 5 heteroatoms. The van der Waals surface area contributed by atoms with Crippen LogP contribution in [0.2, 0.25) is 0 Å². The van der Waals surface area contributed by atoms with Crippen LogP contribution in [0.5, 0.6) is 0 Å². The van der Waals surface area contributed by atoms with Gasteiger partial charge in [0.15, 0.2) is 0 Å². The van der Waals surface area contributed by atoms with Crippen LogP contribution in [-0.2, 0) is 13.0 Å². The molecule has 0 atom stereocenters. The molecule has 2 heterocycles. The molecule has 0 radical (unpaired) electrons. The third-order valence-corrected chi connectivity index (χ3v) is 4.07. The van der Waals surface area contributed by atoms with Crippen molar-refractivity contribution in [2.75, 3.05) is 6.61 Å². The molecule has 1 N–H and O–H groups in total. The minimum absolute atomic E-state index is 0. The van der Waals surface area contributed by atoms with Crippen molar-refractivity contribution in [1.82, 2.24) is 14.5 Å². The van der Waals surface area contributed by atoms with E-state index in [1.54, 1.807) is 0 Å². The molecule has 0 aliphatic carbocycles. The second-order valence-electron chi connectivity index (χ2n) is 6.03. The van der Waals surface area contributed by atoms with Gasteiger partial charge in [0, 0.05) is 36.3 Å². The molecule has 0 unspecified atom stereocenters. The lowest BCUT2D eigenvalue weighted by Gasteiger charge is -2.04. The molecule has 0 fully saturated rings. The SMILES string of the molecule is C=CCc1cn(CCO)c(-c2ccccc2)n1.Cl.c1ccc2ncccc2c1. The van der Waals surface area contributed by atoms with E-state index in [2.05, 4.69) is 28.7 Å². The number of imidazole rings is 1. The van der Waals surface area contributed by atoms with Crippen LogP contribution in [0.3, 0.4) is 0 Å². The van der Waals surface area contributed by atoms with Crippen LogP contribution in [0, 0.1) is 0 Å². The van der Waals surface area contributed by atoms with Crippen molar-refractivity contribution in [3.63, 3.8) is 0 Å². The number of aliphatic hydroxyl groups excluding tert-OH is 1. The molecule has 4 rings (SSSR count). The van der Waals surface area contributed by atoms with Crippen LogP contribution in [0.15, 0.2) is 91.8 Å². The maximum absolute atomic E-state index is 9.06. The Bertz CT molecular complexity index is 934. The van der Waals surface area contributed by atoms with E-state index in [-0.39, 0.29) is 19.0 Å². The van der Waals surface area contributed by atoms with E-state index >= 15 is 0 Å². The molecular weight excluding hydrogens is 370 g/mol. The van der Waals surface area contributed by atoms with Crippen molar-refractivity contribution in [3.8, 4) is 11.4 Å². The van der Waals surface area contributed by atoms with Crippen molar-refractivity contribution >= 4 is 23.3 Å². The summed E-state index contributed by atoms with van der Waals surface area (Å²) in [5.41, 5.74) is 3.11. The van der Waals surface area contributed by atoms with E-state index in [4.69, 9.17) is 5.11 Å². The van der Waals surface area contributed by atoms with E-state index in [0.717, 1.165) is 29.0 Å². The van der Waals surface area contributed by atoms with Gasteiger partial charge in [-0.1, -0.05) is 60.7 Å². The minimum Gasteiger partial charge on any atom is -0.395 e. The number of aromatic nitrogens is 3. The normalized spacial score (nSPS) is 9.89. The average Bonchev–Trinajstić information content (AvgIpc) is 3.12. The summed E-state index contributed by atoms with van der Waals surface area (Å²) >= 11 is 0. The predicted octanol–water partition coefficient (Wildman–Crippen LogP) is 4.93. The average molecular weight is 394 g/mol. The number of pyridine rings is 1. The van der Waals surface area contributed by atoms with E-state index in [9.17, 15) is 0 Å². The largest absolute Gasteiger partial charge is 0.395 e. The molecule has 2 aromatic carbocycles. The van der Waals surface area contributed by atoms with Gasteiger partial charge in [0.25, 0.3) is 0 Å². The van der Waals surface area contributed by atoms with Crippen LogP contribution in [0.1, 0.15) is 5.69 Å². The van der Waals surface area contributed by atoms with Crippen molar-refractivity contribution in [1.29, 1.82) is 0 Å². The van der Waals surface area contributed by atoms with E-state index in [0.29, 0.717) is 6.54 Å². The lowest BCUT2D eigenvalue weighted by Crippen LogP contribution is -2.02. The van der Waals surface area contributed by atoms with Crippen molar-refractivity contribution in [3.05, 3.63) is 97.5 Å². The minimum atomic E-state index is 0. The third-order valence-electron chi connectivity index (χ3n) is 4.07. The van der Waals surface area contributed by atoms with Gasteiger partial charge >= 0.3 is 0 Å². The number of hydrogen-bond acceptors (Lipinski definition) is 3. The van der Waals surface area contributed by atoms with Crippen LogP contribution >= 0.6 is 12.4 Å². The maximum atomic E-state index is 9.06. The number of aliphatic hydroxyl groups is 1. The Kier molecular flexibility index (Phi) is 8.40. The first-order valence-electron chi connectivity index (χ1n) is 8.95. The Hall–Kier alpha value is -2.95. The van der Waals surface area contributed by atoms with Crippen LogP contribution in [0.4, 0.5) is 0 Å². The van der Waals surface area contributed by atoms with Crippen LogP contribution in [-0.4, -0.2) is 26.2 Å². The fraction of sp³-hybridized carbons (Fsp3) is 0.130. The highest BCUT2D eigenvalue weighted by Gasteiger charge is 2.08. The molecule has 2 aromatic heterocycles. The molecule has 0 spiro atoms. The van der Waals surface area contributed by atoms with Gasteiger partial charge in [-0.15, -0.1) is 19.0 Å². The van der Waals surface area contributed by atoms with E-state index in [1.807, 2.05) is 77.6 Å². The summed E-state index contributed by atoms with van der Waals surface area (Å²) in [6, 6.07) is 22.1. The van der Waals surface area contributed by atoms with Gasteiger partial charge < -0.3 is 9.67 Å². The van der Waals surface area contributed by atoms with Gasteiger partial charge in [0.2, 0.25) is 0 Å². The highest BCUT2D eigenvalue weighted by Crippen LogP contribution is 2.19. The van der Waals surface area contributed by atoms with Crippen molar-refractivity contribution < 1.29 is 5.11 Å². The van der Waals surface area contributed by atoms with Gasteiger partial charge in [-0.05, 0) is 12.1 Å².